The summed E-state index contributed by atoms with van der Waals surface area (Å²) in [6.45, 7) is 3.92. The second-order valence-electron chi connectivity index (χ2n) is 9.25. The lowest BCUT2D eigenvalue weighted by Gasteiger charge is -2.20. The van der Waals surface area contributed by atoms with Gasteiger partial charge in [0.2, 0.25) is 0 Å². The average molecular weight is 528 g/mol. The summed E-state index contributed by atoms with van der Waals surface area (Å²) in [7, 11) is 1.55. The van der Waals surface area contributed by atoms with E-state index in [4.69, 9.17) is 9.47 Å². The lowest BCUT2D eigenvalue weighted by molar-refractivity contribution is -0.123. The first kappa shape index (κ1) is 27.3. The molecule has 0 saturated heterocycles. The van der Waals surface area contributed by atoms with Crippen molar-refractivity contribution < 1.29 is 23.5 Å². The van der Waals surface area contributed by atoms with Gasteiger partial charge in [-0.25, -0.2) is 9.82 Å². The molecule has 0 bridgehead atoms. The van der Waals surface area contributed by atoms with E-state index in [2.05, 4.69) is 34.0 Å². The van der Waals surface area contributed by atoms with Crippen molar-refractivity contribution in [2.45, 2.75) is 26.5 Å². The number of rotatable bonds is 10. The number of carbonyl (C=O) groups excluding carboxylic acids is 2. The number of methoxy groups -OCH3 is 1. The minimum atomic E-state index is -0.909. The molecule has 0 spiro atoms. The van der Waals surface area contributed by atoms with E-state index in [1.54, 1.807) is 45.2 Å². The van der Waals surface area contributed by atoms with E-state index in [9.17, 15) is 14.0 Å². The summed E-state index contributed by atoms with van der Waals surface area (Å²) >= 11 is 0. The van der Waals surface area contributed by atoms with E-state index in [0.717, 1.165) is 16.3 Å². The summed E-state index contributed by atoms with van der Waals surface area (Å²) in [6.07, 6.45) is 1.46. The standard InChI is InChI=1S/C31H30FN3O4/c1-20(2)29(34-30(36)25-13-6-7-14-26(25)32)31(37)35-33-18-21-15-16-27(28(17-21)38-3)39-19-23-11-8-10-22-9-4-5-12-24(22)23/h4-18,20,29H,19H2,1-3H3,(H,34,36)(H,35,37). The van der Waals surface area contributed by atoms with Gasteiger partial charge in [0, 0.05) is 0 Å². The molecule has 8 heteroatoms. The van der Waals surface area contributed by atoms with Gasteiger partial charge in [0.05, 0.1) is 18.9 Å². The molecule has 0 aliphatic rings. The minimum Gasteiger partial charge on any atom is -0.493 e. The largest absolute Gasteiger partial charge is 0.493 e. The maximum Gasteiger partial charge on any atom is 0.262 e. The first-order valence-corrected chi connectivity index (χ1v) is 12.5. The highest BCUT2D eigenvalue weighted by molar-refractivity contribution is 5.98. The van der Waals surface area contributed by atoms with Gasteiger partial charge in [0.15, 0.2) is 11.5 Å². The molecule has 2 amide bonds. The number of fused-ring (bicyclic) bond motifs is 1. The zero-order valence-corrected chi connectivity index (χ0v) is 22.0. The van der Waals surface area contributed by atoms with Gasteiger partial charge >= 0.3 is 0 Å². The summed E-state index contributed by atoms with van der Waals surface area (Å²) in [5.74, 6) is -1.02. The third kappa shape index (κ3) is 6.78. The van der Waals surface area contributed by atoms with Gasteiger partial charge in [-0.1, -0.05) is 68.4 Å². The number of hydrazone groups is 1. The van der Waals surface area contributed by atoms with Crippen molar-refractivity contribution in [3.63, 3.8) is 0 Å². The fourth-order valence-corrected chi connectivity index (χ4v) is 4.10. The first-order chi connectivity index (χ1) is 18.9. The molecular weight excluding hydrogens is 497 g/mol. The number of amides is 2. The van der Waals surface area contributed by atoms with E-state index >= 15 is 0 Å². The number of hydrogen-bond donors (Lipinski definition) is 2. The summed E-state index contributed by atoms with van der Waals surface area (Å²) in [6, 6.07) is 24.2. The monoisotopic (exact) mass is 527 g/mol. The third-order valence-electron chi connectivity index (χ3n) is 6.19. The van der Waals surface area contributed by atoms with E-state index in [1.807, 2.05) is 24.3 Å². The van der Waals surface area contributed by atoms with Crippen molar-refractivity contribution >= 4 is 28.8 Å². The maximum atomic E-state index is 14.0. The second kappa shape index (κ2) is 12.7. The molecular formula is C31H30FN3O4. The zero-order valence-electron chi connectivity index (χ0n) is 22.0. The Morgan fingerprint density at radius 2 is 1.69 bits per heavy atom. The molecule has 0 aliphatic heterocycles. The number of benzene rings is 4. The molecule has 4 rings (SSSR count). The Kier molecular flexibility index (Phi) is 8.89. The van der Waals surface area contributed by atoms with Gasteiger partial charge in [-0.15, -0.1) is 0 Å². The smallest absolute Gasteiger partial charge is 0.262 e. The Balaban J connectivity index is 1.39. The molecule has 1 atom stereocenters. The van der Waals surface area contributed by atoms with E-state index in [1.165, 1.54) is 24.4 Å². The van der Waals surface area contributed by atoms with Gasteiger partial charge in [-0.2, -0.15) is 5.10 Å². The van der Waals surface area contributed by atoms with Crippen molar-refractivity contribution in [2.24, 2.45) is 11.0 Å². The van der Waals surface area contributed by atoms with Crippen molar-refractivity contribution in [2.75, 3.05) is 7.11 Å². The van der Waals surface area contributed by atoms with Crippen LogP contribution in [0.2, 0.25) is 0 Å². The van der Waals surface area contributed by atoms with Crippen molar-refractivity contribution in [3.05, 3.63) is 107 Å². The second-order valence-corrected chi connectivity index (χ2v) is 9.25. The van der Waals surface area contributed by atoms with Crippen LogP contribution in [0.1, 0.15) is 35.3 Å². The van der Waals surface area contributed by atoms with Crippen LogP contribution in [0.25, 0.3) is 10.8 Å². The Labute approximate surface area is 226 Å². The third-order valence-corrected chi connectivity index (χ3v) is 6.19. The van der Waals surface area contributed by atoms with Gasteiger partial charge < -0.3 is 14.8 Å². The molecule has 200 valence electrons. The summed E-state index contributed by atoms with van der Waals surface area (Å²) in [4.78, 5) is 25.2. The van der Waals surface area contributed by atoms with Crippen LogP contribution in [-0.2, 0) is 11.4 Å². The summed E-state index contributed by atoms with van der Waals surface area (Å²) < 4.78 is 25.5. The number of ether oxygens (including phenoxy) is 2. The predicted molar refractivity (Wildman–Crippen MR) is 150 cm³/mol. The molecule has 4 aromatic rings. The first-order valence-electron chi connectivity index (χ1n) is 12.5. The molecule has 7 nitrogen and oxygen atoms in total. The van der Waals surface area contributed by atoms with E-state index in [-0.39, 0.29) is 11.5 Å². The molecule has 0 saturated carbocycles. The molecule has 0 aliphatic carbocycles. The highest BCUT2D eigenvalue weighted by Gasteiger charge is 2.25. The van der Waals surface area contributed by atoms with E-state index in [0.29, 0.717) is 23.7 Å². The highest BCUT2D eigenvalue weighted by Crippen LogP contribution is 2.29. The molecule has 1 unspecified atom stereocenters. The van der Waals surface area contributed by atoms with Crippen LogP contribution < -0.4 is 20.2 Å². The fourth-order valence-electron chi connectivity index (χ4n) is 4.10. The van der Waals surface area contributed by atoms with Gasteiger partial charge in [-0.05, 0) is 58.1 Å². The topological polar surface area (TPSA) is 89.0 Å². The van der Waals surface area contributed by atoms with Crippen molar-refractivity contribution in [3.8, 4) is 11.5 Å². The van der Waals surface area contributed by atoms with Crippen LogP contribution in [0.4, 0.5) is 4.39 Å². The molecule has 0 aromatic heterocycles. The van der Waals surface area contributed by atoms with Crippen LogP contribution in [0.15, 0.2) is 90.0 Å². The number of nitrogens with zero attached hydrogens (tertiary/aromatic N) is 1. The zero-order chi connectivity index (χ0) is 27.8. The highest BCUT2D eigenvalue weighted by atomic mass is 19.1. The molecule has 2 N–H and O–H groups in total. The normalized spacial score (nSPS) is 11.9. The van der Waals surface area contributed by atoms with E-state index < -0.39 is 23.7 Å². The summed E-state index contributed by atoms with van der Waals surface area (Å²) in [5, 5.41) is 8.89. The quantitative estimate of drug-likeness (QED) is 0.211. The molecule has 0 radical (unpaired) electrons. The number of hydrogen-bond acceptors (Lipinski definition) is 5. The van der Waals surface area contributed by atoms with Crippen molar-refractivity contribution in [1.29, 1.82) is 0 Å². The molecule has 39 heavy (non-hydrogen) atoms. The van der Waals surface area contributed by atoms with Gasteiger partial charge in [-0.3, -0.25) is 9.59 Å². The Morgan fingerprint density at radius 3 is 2.46 bits per heavy atom. The van der Waals surface area contributed by atoms with Crippen molar-refractivity contribution in [1.82, 2.24) is 10.7 Å². The molecule has 0 heterocycles. The number of nitrogens with one attached hydrogen (secondary N) is 2. The predicted octanol–water partition coefficient (Wildman–Crippen LogP) is 5.47. The van der Waals surface area contributed by atoms with Crippen LogP contribution in [0.3, 0.4) is 0 Å². The Morgan fingerprint density at radius 1 is 0.949 bits per heavy atom. The average Bonchev–Trinajstić information content (AvgIpc) is 2.94. The lowest BCUT2D eigenvalue weighted by Crippen LogP contribution is -2.48. The number of carbonyl (C=O) groups is 2. The Hall–Kier alpha value is -4.72. The Bertz CT molecular complexity index is 1500. The number of halogens is 1. The van der Waals surface area contributed by atoms with Gasteiger partial charge in [0.1, 0.15) is 18.5 Å². The fraction of sp³-hybridized carbons (Fsp3) is 0.194. The van der Waals surface area contributed by atoms with Crippen LogP contribution in [-0.4, -0.2) is 31.2 Å². The summed E-state index contributed by atoms with van der Waals surface area (Å²) in [5.41, 5.74) is 4.05. The maximum absolute atomic E-state index is 14.0. The molecule has 4 aromatic carbocycles. The van der Waals surface area contributed by atoms with Crippen LogP contribution >= 0.6 is 0 Å². The lowest BCUT2D eigenvalue weighted by atomic mass is 10.0. The minimum absolute atomic E-state index is 0.130. The van der Waals surface area contributed by atoms with Crippen LogP contribution in [0, 0.1) is 11.7 Å². The van der Waals surface area contributed by atoms with Crippen LogP contribution in [0.5, 0.6) is 11.5 Å². The molecule has 0 fully saturated rings. The van der Waals surface area contributed by atoms with Gasteiger partial charge in [0.25, 0.3) is 11.8 Å². The SMILES string of the molecule is COc1cc(C=NNC(=O)C(NC(=O)c2ccccc2F)C(C)C)ccc1OCc1cccc2ccccc12.